The van der Waals surface area contributed by atoms with Crippen LogP contribution in [-0.4, -0.2) is 72.5 Å². The Morgan fingerprint density at radius 1 is 1.25 bits per heavy atom. The van der Waals surface area contributed by atoms with Crippen LogP contribution >= 0.6 is 0 Å². The Kier molecular flexibility index (Phi) is 5.54. The van der Waals surface area contributed by atoms with Crippen molar-refractivity contribution in [2.24, 2.45) is 13.0 Å². The Morgan fingerprint density at radius 3 is 2.81 bits per heavy atom. The van der Waals surface area contributed by atoms with E-state index < -0.39 is 0 Å². The molecule has 2 aliphatic rings. The van der Waals surface area contributed by atoms with Gasteiger partial charge in [0.25, 0.3) is 0 Å². The standard InChI is InChI=1S/C22H29N7O3/c1-4-29-14(2)17(11-25-29)19-26-18-20(27(19)3)23-13-24-21(18)32-16-5-8-28(12-16)22(30)15-6-9-31-10-7-15/h11,13,15-16H,4-10,12H2,1-3H3/t16-/m1/s1. The van der Waals surface area contributed by atoms with Crippen LogP contribution < -0.4 is 4.74 Å². The van der Waals surface area contributed by atoms with Crippen molar-refractivity contribution in [3.8, 4) is 17.3 Å². The Hall–Kier alpha value is -3.01. The molecule has 5 heterocycles. The highest BCUT2D eigenvalue weighted by molar-refractivity contribution is 5.81. The molecule has 0 aliphatic carbocycles. The van der Waals surface area contributed by atoms with Crippen molar-refractivity contribution in [2.45, 2.75) is 45.8 Å². The summed E-state index contributed by atoms with van der Waals surface area (Å²) in [7, 11) is 1.94. The fourth-order valence-corrected chi connectivity index (χ4v) is 4.68. The van der Waals surface area contributed by atoms with Crippen LogP contribution in [-0.2, 0) is 23.1 Å². The van der Waals surface area contributed by atoms with Gasteiger partial charge in [0.05, 0.1) is 18.3 Å². The summed E-state index contributed by atoms with van der Waals surface area (Å²) < 4.78 is 15.5. The van der Waals surface area contributed by atoms with E-state index in [1.165, 1.54) is 6.33 Å². The molecule has 3 aromatic rings. The van der Waals surface area contributed by atoms with Crippen LogP contribution in [0.4, 0.5) is 0 Å². The molecule has 5 rings (SSSR count). The van der Waals surface area contributed by atoms with Crippen molar-refractivity contribution in [1.29, 1.82) is 0 Å². The third kappa shape index (κ3) is 3.62. The smallest absolute Gasteiger partial charge is 0.245 e. The second kappa shape index (κ2) is 8.50. The molecule has 10 heteroatoms. The molecule has 0 N–H and O–H groups in total. The van der Waals surface area contributed by atoms with Gasteiger partial charge in [0.15, 0.2) is 11.2 Å². The number of carbonyl (C=O) groups is 1. The zero-order chi connectivity index (χ0) is 22.2. The van der Waals surface area contributed by atoms with Crippen molar-refractivity contribution in [3.05, 3.63) is 18.2 Å². The number of nitrogens with zero attached hydrogens (tertiary/aromatic N) is 7. The lowest BCUT2D eigenvalue weighted by Gasteiger charge is -2.26. The van der Waals surface area contributed by atoms with Gasteiger partial charge in [-0.05, 0) is 26.7 Å². The maximum atomic E-state index is 12.8. The molecule has 0 saturated carbocycles. The van der Waals surface area contributed by atoms with E-state index in [1.54, 1.807) is 0 Å². The summed E-state index contributed by atoms with van der Waals surface area (Å²) in [5.41, 5.74) is 3.36. The molecule has 0 unspecified atom stereocenters. The number of amides is 1. The molecule has 0 aromatic carbocycles. The predicted molar refractivity (Wildman–Crippen MR) is 117 cm³/mol. The van der Waals surface area contributed by atoms with E-state index in [9.17, 15) is 4.79 Å². The van der Waals surface area contributed by atoms with Crippen molar-refractivity contribution >= 4 is 17.1 Å². The van der Waals surface area contributed by atoms with Crippen LogP contribution in [0.1, 0.15) is 31.9 Å². The molecular weight excluding hydrogens is 410 g/mol. The van der Waals surface area contributed by atoms with Crippen LogP contribution in [0.2, 0.25) is 0 Å². The molecular formula is C22H29N7O3. The van der Waals surface area contributed by atoms with Crippen molar-refractivity contribution in [2.75, 3.05) is 26.3 Å². The lowest BCUT2D eigenvalue weighted by atomic mass is 9.99. The normalized spacial score (nSPS) is 19.7. The number of hydrogen-bond donors (Lipinski definition) is 0. The monoisotopic (exact) mass is 439 g/mol. The molecule has 1 atom stereocenters. The molecule has 0 spiro atoms. The Labute approximate surface area is 186 Å². The molecule has 2 aliphatic heterocycles. The molecule has 170 valence electrons. The fourth-order valence-electron chi connectivity index (χ4n) is 4.68. The molecule has 0 bridgehead atoms. The zero-order valence-electron chi connectivity index (χ0n) is 18.8. The topological polar surface area (TPSA) is 100 Å². The van der Waals surface area contributed by atoms with E-state index in [-0.39, 0.29) is 17.9 Å². The third-order valence-corrected chi connectivity index (χ3v) is 6.57. The summed E-state index contributed by atoms with van der Waals surface area (Å²) in [6.07, 6.45) is 5.63. The summed E-state index contributed by atoms with van der Waals surface area (Å²) in [5, 5.41) is 4.44. The number of fused-ring (bicyclic) bond motifs is 1. The number of aryl methyl sites for hydroxylation is 2. The molecule has 2 fully saturated rings. The zero-order valence-corrected chi connectivity index (χ0v) is 18.8. The highest BCUT2D eigenvalue weighted by Gasteiger charge is 2.33. The number of rotatable bonds is 5. The number of hydrogen-bond acceptors (Lipinski definition) is 7. The average Bonchev–Trinajstić information content (AvgIpc) is 3.52. The Morgan fingerprint density at radius 2 is 2.06 bits per heavy atom. The van der Waals surface area contributed by atoms with E-state index in [4.69, 9.17) is 14.5 Å². The maximum absolute atomic E-state index is 12.8. The minimum absolute atomic E-state index is 0.0684. The molecule has 3 aromatic heterocycles. The van der Waals surface area contributed by atoms with Crippen LogP contribution in [0, 0.1) is 12.8 Å². The maximum Gasteiger partial charge on any atom is 0.245 e. The summed E-state index contributed by atoms with van der Waals surface area (Å²) in [5.74, 6) is 1.53. The van der Waals surface area contributed by atoms with Crippen molar-refractivity contribution < 1.29 is 14.3 Å². The van der Waals surface area contributed by atoms with Crippen LogP contribution in [0.15, 0.2) is 12.5 Å². The van der Waals surface area contributed by atoms with Gasteiger partial charge in [-0.3, -0.25) is 9.48 Å². The third-order valence-electron chi connectivity index (χ3n) is 6.57. The number of carbonyl (C=O) groups excluding carboxylic acids is 1. The first-order valence-electron chi connectivity index (χ1n) is 11.3. The lowest BCUT2D eigenvalue weighted by Crippen LogP contribution is -2.38. The van der Waals surface area contributed by atoms with Crippen LogP contribution in [0.3, 0.4) is 0 Å². The Balaban J connectivity index is 1.36. The van der Waals surface area contributed by atoms with Gasteiger partial charge in [-0.15, -0.1) is 0 Å². The molecule has 0 radical (unpaired) electrons. The number of aromatic nitrogens is 6. The van der Waals surface area contributed by atoms with E-state index in [0.717, 1.165) is 42.9 Å². The van der Waals surface area contributed by atoms with Crippen LogP contribution in [0.25, 0.3) is 22.6 Å². The molecule has 10 nitrogen and oxygen atoms in total. The highest BCUT2D eigenvalue weighted by Crippen LogP contribution is 2.30. The van der Waals surface area contributed by atoms with Gasteiger partial charge < -0.3 is 18.9 Å². The summed E-state index contributed by atoms with van der Waals surface area (Å²) >= 11 is 0. The first-order chi connectivity index (χ1) is 15.6. The summed E-state index contributed by atoms with van der Waals surface area (Å²) in [6, 6.07) is 0. The minimum Gasteiger partial charge on any atom is -0.471 e. The highest BCUT2D eigenvalue weighted by atomic mass is 16.5. The van der Waals surface area contributed by atoms with Gasteiger partial charge >= 0.3 is 0 Å². The van der Waals surface area contributed by atoms with Gasteiger partial charge in [0.2, 0.25) is 11.8 Å². The van der Waals surface area contributed by atoms with E-state index in [2.05, 4.69) is 22.0 Å². The second-order valence-corrected chi connectivity index (χ2v) is 8.50. The van der Waals surface area contributed by atoms with Gasteiger partial charge in [0, 0.05) is 51.4 Å². The van der Waals surface area contributed by atoms with Gasteiger partial charge in [-0.2, -0.15) is 10.1 Å². The molecule has 2 saturated heterocycles. The van der Waals surface area contributed by atoms with Gasteiger partial charge in [-0.1, -0.05) is 0 Å². The lowest BCUT2D eigenvalue weighted by molar-refractivity contribution is -0.137. The van der Waals surface area contributed by atoms with Crippen molar-refractivity contribution in [3.63, 3.8) is 0 Å². The second-order valence-electron chi connectivity index (χ2n) is 8.50. The molecule has 1 amide bonds. The van der Waals surface area contributed by atoms with Gasteiger partial charge in [0.1, 0.15) is 18.3 Å². The fraction of sp³-hybridized carbons (Fsp3) is 0.591. The largest absolute Gasteiger partial charge is 0.471 e. The average molecular weight is 440 g/mol. The van der Waals surface area contributed by atoms with Gasteiger partial charge in [-0.25, -0.2) is 9.97 Å². The number of ether oxygens (including phenoxy) is 2. The predicted octanol–water partition coefficient (Wildman–Crippen LogP) is 1.96. The van der Waals surface area contributed by atoms with E-state index in [1.807, 2.05) is 34.3 Å². The van der Waals surface area contributed by atoms with Crippen molar-refractivity contribution in [1.82, 2.24) is 34.2 Å². The first-order valence-corrected chi connectivity index (χ1v) is 11.3. The SMILES string of the molecule is CCn1ncc(-c2nc3c(O[C@@H]4CCN(C(=O)C5CCOCC5)C4)ncnc3n2C)c1C. The summed E-state index contributed by atoms with van der Waals surface area (Å²) in [6.45, 7) is 7.52. The Bertz CT molecular complexity index is 1130. The number of likely N-dealkylation sites (tertiary alicyclic amines) is 1. The summed E-state index contributed by atoms with van der Waals surface area (Å²) in [4.78, 5) is 28.4. The number of imidazole rings is 1. The van der Waals surface area contributed by atoms with E-state index in [0.29, 0.717) is 43.3 Å². The minimum atomic E-state index is -0.105. The molecule has 32 heavy (non-hydrogen) atoms. The van der Waals surface area contributed by atoms with Crippen LogP contribution in [0.5, 0.6) is 5.88 Å². The first kappa shape index (κ1) is 20.9. The van der Waals surface area contributed by atoms with E-state index >= 15 is 0 Å². The quantitative estimate of drug-likeness (QED) is 0.599.